The van der Waals surface area contributed by atoms with Gasteiger partial charge in [-0.1, -0.05) is 18.2 Å². The Morgan fingerprint density at radius 2 is 1.56 bits per heavy atom. The number of allylic oxidation sites excluding steroid dienone is 1. The lowest BCUT2D eigenvalue weighted by atomic mass is 10.1. The smallest absolute Gasteiger partial charge is 0.331 e. The van der Waals surface area contributed by atoms with Crippen molar-refractivity contribution in [3.05, 3.63) is 71.6 Å². The zero-order valence-corrected chi connectivity index (χ0v) is 20.8. The maximum Gasteiger partial charge on any atom is 0.331 e. The van der Waals surface area contributed by atoms with Gasteiger partial charge in [-0.3, -0.25) is 9.69 Å². The maximum absolute atomic E-state index is 12.8. The fraction of sp³-hybridized carbons (Fsp3) is 0.393. The topological polar surface area (TPSA) is 62.7 Å². The number of rotatable bonds is 7. The highest BCUT2D eigenvalue weighted by Crippen LogP contribution is 2.20. The number of anilines is 1. The van der Waals surface area contributed by atoms with Crippen molar-refractivity contribution in [2.45, 2.75) is 46.3 Å². The second-order valence-corrected chi connectivity index (χ2v) is 9.72. The zero-order valence-electron chi connectivity index (χ0n) is 20.8. The van der Waals surface area contributed by atoms with E-state index < -0.39 is 11.6 Å². The Morgan fingerprint density at radius 3 is 2.18 bits per heavy atom. The number of carbonyl (C=O) groups excluding carboxylic acids is 2. The molecule has 2 aromatic rings. The van der Waals surface area contributed by atoms with Crippen LogP contribution >= 0.6 is 0 Å². The molecular weight excluding hydrogens is 426 g/mol. The highest BCUT2D eigenvalue weighted by atomic mass is 16.6. The van der Waals surface area contributed by atoms with Crippen LogP contribution in [-0.2, 0) is 9.53 Å². The average Bonchev–Trinajstić information content (AvgIpc) is 2.80. The number of carbonyl (C=O) groups is 2. The van der Waals surface area contributed by atoms with Crippen molar-refractivity contribution in [1.82, 2.24) is 9.88 Å². The lowest BCUT2D eigenvalue weighted by molar-refractivity contribution is -0.148. The third-order valence-electron chi connectivity index (χ3n) is 5.53. The first kappa shape index (κ1) is 25.4. The Labute approximate surface area is 202 Å². The van der Waals surface area contributed by atoms with Gasteiger partial charge in [0, 0.05) is 49.5 Å². The molecule has 2 heterocycles. The number of ether oxygens (including phenoxy) is 1. The molecule has 0 N–H and O–H groups in total. The fourth-order valence-corrected chi connectivity index (χ4v) is 3.75. The molecule has 1 aliphatic heterocycles. The summed E-state index contributed by atoms with van der Waals surface area (Å²) >= 11 is 0. The first-order valence-electron chi connectivity index (χ1n) is 11.8. The van der Waals surface area contributed by atoms with Crippen molar-refractivity contribution in [3.63, 3.8) is 0 Å². The highest BCUT2D eigenvalue weighted by Gasteiger charge is 2.19. The third kappa shape index (κ3) is 7.66. The number of hydrogen-bond acceptors (Lipinski definition) is 6. The summed E-state index contributed by atoms with van der Waals surface area (Å²) in [6.07, 6.45) is 6.20. The van der Waals surface area contributed by atoms with E-state index in [4.69, 9.17) is 4.74 Å². The van der Waals surface area contributed by atoms with Crippen LogP contribution in [0.1, 0.15) is 56.4 Å². The van der Waals surface area contributed by atoms with E-state index in [0.717, 1.165) is 31.9 Å². The van der Waals surface area contributed by atoms with Crippen molar-refractivity contribution in [1.29, 1.82) is 0 Å². The molecule has 0 atom stereocenters. The van der Waals surface area contributed by atoms with Crippen molar-refractivity contribution >= 4 is 29.6 Å². The van der Waals surface area contributed by atoms with E-state index in [2.05, 4.69) is 34.7 Å². The number of esters is 1. The van der Waals surface area contributed by atoms with Gasteiger partial charge in [0.05, 0.1) is 11.4 Å². The van der Waals surface area contributed by atoms with E-state index in [9.17, 15) is 9.59 Å². The van der Waals surface area contributed by atoms with Crippen LogP contribution in [0.3, 0.4) is 0 Å². The Kier molecular flexibility index (Phi) is 8.40. The summed E-state index contributed by atoms with van der Waals surface area (Å²) in [5.74, 6) is -0.491. The van der Waals surface area contributed by atoms with Gasteiger partial charge in [0.1, 0.15) is 5.60 Å². The van der Waals surface area contributed by atoms with Crippen molar-refractivity contribution in [2.24, 2.45) is 0 Å². The SMILES string of the molecule is CC(C)N1CCN(c2cccc(C(=O)C=Cc3cccc(C=CC(=O)OC(C)(C)C)n3)c2)CC1. The molecule has 6 heteroatoms. The quantitative estimate of drug-likeness (QED) is 0.333. The number of piperazine rings is 1. The minimum Gasteiger partial charge on any atom is -0.457 e. The summed E-state index contributed by atoms with van der Waals surface area (Å²) in [6, 6.07) is 13.8. The first-order chi connectivity index (χ1) is 16.1. The third-order valence-corrected chi connectivity index (χ3v) is 5.53. The molecule has 3 rings (SSSR count). The molecule has 0 aliphatic carbocycles. The second-order valence-electron chi connectivity index (χ2n) is 9.72. The molecule has 1 aromatic carbocycles. The van der Waals surface area contributed by atoms with E-state index >= 15 is 0 Å². The normalized spacial score (nSPS) is 15.4. The summed E-state index contributed by atoms with van der Waals surface area (Å²) in [5, 5.41) is 0. The number of ketones is 1. The zero-order chi connectivity index (χ0) is 24.7. The van der Waals surface area contributed by atoms with Gasteiger partial charge in [-0.05, 0) is 77.1 Å². The Hall–Kier alpha value is -3.25. The number of aromatic nitrogens is 1. The first-order valence-corrected chi connectivity index (χ1v) is 11.8. The highest BCUT2D eigenvalue weighted by molar-refractivity contribution is 6.07. The number of pyridine rings is 1. The molecule has 0 unspecified atom stereocenters. The predicted octanol–water partition coefficient (Wildman–Crippen LogP) is 4.86. The van der Waals surface area contributed by atoms with Gasteiger partial charge in [0.2, 0.25) is 0 Å². The van der Waals surface area contributed by atoms with Crippen LogP contribution < -0.4 is 4.90 Å². The van der Waals surface area contributed by atoms with Crippen LogP contribution in [0.5, 0.6) is 0 Å². The summed E-state index contributed by atoms with van der Waals surface area (Å²) in [6.45, 7) is 13.9. The van der Waals surface area contributed by atoms with Crippen LogP contribution in [0.4, 0.5) is 5.69 Å². The Morgan fingerprint density at radius 1 is 0.941 bits per heavy atom. The van der Waals surface area contributed by atoms with E-state index in [-0.39, 0.29) is 5.78 Å². The maximum atomic E-state index is 12.8. The van der Waals surface area contributed by atoms with E-state index in [1.165, 1.54) is 6.08 Å². The van der Waals surface area contributed by atoms with Crippen LogP contribution in [0, 0.1) is 0 Å². The molecule has 0 radical (unpaired) electrons. The summed E-state index contributed by atoms with van der Waals surface area (Å²) in [4.78, 5) is 34.0. The van der Waals surface area contributed by atoms with Crippen LogP contribution in [0.15, 0.2) is 54.6 Å². The number of nitrogens with zero attached hydrogens (tertiary/aromatic N) is 3. The van der Waals surface area contributed by atoms with Gasteiger partial charge in [-0.2, -0.15) is 0 Å². The Bertz CT molecular complexity index is 1060. The Balaban J connectivity index is 1.63. The van der Waals surface area contributed by atoms with Crippen molar-refractivity contribution in [2.75, 3.05) is 31.1 Å². The van der Waals surface area contributed by atoms with E-state index in [1.54, 1.807) is 24.3 Å². The van der Waals surface area contributed by atoms with Gasteiger partial charge in [-0.15, -0.1) is 0 Å². The molecule has 180 valence electrons. The van der Waals surface area contributed by atoms with Crippen LogP contribution in [-0.4, -0.2) is 59.5 Å². The molecular formula is C28H35N3O3. The van der Waals surface area contributed by atoms with Crippen LogP contribution in [0.25, 0.3) is 12.2 Å². The molecule has 1 saturated heterocycles. The molecule has 1 aromatic heterocycles. The van der Waals surface area contributed by atoms with E-state index in [0.29, 0.717) is 23.0 Å². The van der Waals surface area contributed by atoms with Crippen molar-refractivity contribution < 1.29 is 14.3 Å². The lowest BCUT2D eigenvalue weighted by Gasteiger charge is -2.38. The van der Waals surface area contributed by atoms with Crippen LogP contribution in [0.2, 0.25) is 0 Å². The summed E-state index contributed by atoms with van der Waals surface area (Å²) in [5.41, 5.74) is 2.44. The average molecular weight is 462 g/mol. The number of hydrogen-bond donors (Lipinski definition) is 0. The lowest BCUT2D eigenvalue weighted by Crippen LogP contribution is -2.48. The minimum atomic E-state index is -0.542. The molecule has 0 amide bonds. The van der Waals surface area contributed by atoms with E-state index in [1.807, 2.05) is 51.1 Å². The predicted molar refractivity (Wildman–Crippen MR) is 138 cm³/mol. The monoisotopic (exact) mass is 461 g/mol. The van der Waals surface area contributed by atoms with Gasteiger partial charge in [0.15, 0.2) is 5.78 Å². The second kappa shape index (κ2) is 11.3. The standard InChI is InChI=1S/C28H35N3O3/c1-21(2)30-16-18-31(19-17-30)25-11-6-8-22(20-25)26(32)14-12-23-9-7-10-24(29-23)13-15-27(33)34-28(3,4)5/h6-15,20-21H,16-19H2,1-5H3. The van der Waals surface area contributed by atoms with Gasteiger partial charge >= 0.3 is 5.97 Å². The largest absolute Gasteiger partial charge is 0.457 e. The molecule has 0 bridgehead atoms. The van der Waals surface area contributed by atoms with Gasteiger partial charge in [-0.25, -0.2) is 9.78 Å². The minimum absolute atomic E-state index is 0.0702. The molecule has 1 aliphatic rings. The number of benzene rings is 1. The van der Waals surface area contributed by atoms with Gasteiger partial charge in [0.25, 0.3) is 0 Å². The van der Waals surface area contributed by atoms with Gasteiger partial charge < -0.3 is 9.64 Å². The molecule has 34 heavy (non-hydrogen) atoms. The summed E-state index contributed by atoms with van der Waals surface area (Å²) < 4.78 is 5.27. The fourth-order valence-electron chi connectivity index (χ4n) is 3.75. The molecule has 0 saturated carbocycles. The molecule has 6 nitrogen and oxygen atoms in total. The molecule has 1 fully saturated rings. The molecule has 0 spiro atoms. The van der Waals surface area contributed by atoms with Crippen molar-refractivity contribution in [3.8, 4) is 0 Å². The summed E-state index contributed by atoms with van der Waals surface area (Å²) in [7, 11) is 0.